The van der Waals surface area contributed by atoms with E-state index in [0.29, 0.717) is 19.4 Å². The molecule has 0 unspecified atom stereocenters. The first-order chi connectivity index (χ1) is 8.27. The first-order valence-electron chi connectivity index (χ1n) is 6.07. The number of nitrogens with zero attached hydrogens (tertiary/aromatic N) is 2. The van der Waals surface area contributed by atoms with E-state index in [-0.39, 0.29) is 5.91 Å². The van der Waals surface area contributed by atoms with Gasteiger partial charge in [-0.3, -0.25) is 4.79 Å². The number of rotatable bonds is 4. The molecule has 1 N–H and O–H groups in total. The van der Waals surface area contributed by atoms with Crippen LogP contribution in [0.15, 0.2) is 24.5 Å². The SMILES string of the molecule is N#CC1(C(=O)NCCn2cccc2)CCCC1. The Morgan fingerprint density at radius 2 is 2.00 bits per heavy atom. The second kappa shape index (κ2) is 5.05. The molecule has 2 rings (SSSR count). The van der Waals surface area contributed by atoms with Crippen LogP contribution < -0.4 is 5.32 Å². The van der Waals surface area contributed by atoms with E-state index >= 15 is 0 Å². The van der Waals surface area contributed by atoms with Gasteiger partial charge in [-0.05, 0) is 25.0 Å². The molecule has 1 heterocycles. The number of nitrogens with one attached hydrogen (secondary N) is 1. The topological polar surface area (TPSA) is 57.8 Å². The molecular weight excluding hydrogens is 214 g/mol. The van der Waals surface area contributed by atoms with Crippen molar-refractivity contribution < 1.29 is 4.79 Å². The Morgan fingerprint density at radius 1 is 1.35 bits per heavy atom. The van der Waals surface area contributed by atoms with Crippen molar-refractivity contribution in [2.24, 2.45) is 5.41 Å². The molecule has 4 nitrogen and oxygen atoms in total. The molecule has 4 heteroatoms. The summed E-state index contributed by atoms with van der Waals surface area (Å²) in [6, 6.07) is 6.11. The minimum Gasteiger partial charge on any atom is -0.353 e. The number of amides is 1. The lowest BCUT2D eigenvalue weighted by atomic mass is 9.87. The van der Waals surface area contributed by atoms with Crippen LogP contribution in [0.1, 0.15) is 25.7 Å². The lowest BCUT2D eigenvalue weighted by Gasteiger charge is -2.19. The maximum Gasteiger partial charge on any atom is 0.240 e. The number of carbonyl (C=O) groups is 1. The van der Waals surface area contributed by atoms with Crippen molar-refractivity contribution in [3.8, 4) is 6.07 Å². The Labute approximate surface area is 101 Å². The number of carbonyl (C=O) groups excluding carboxylic acids is 1. The Morgan fingerprint density at radius 3 is 2.59 bits per heavy atom. The van der Waals surface area contributed by atoms with Gasteiger partial charge < -0.3 is 9.88 Å². The largest absolute Gasteiger partial charge is 0.353 e. The van der Waals surface area contributed by atoms with Crippen LogP contribution in [0.2, 0.25) is 0 Å². The van der Waals surface area contributed by atoms with Crippen LogP contribution in [-0.4, -0.2) is 17.0 Å². The highest BCUT2D eigenvalue weighted by molar-refractivity contribution is 5.85. The molecule has 0 spiro atoms. The van der Waals surface area contributed by atoms with Gasteiger partial charge in [0.1, 0.15) is 5.41 Å². The summed E-state index contributed by atoms with van der Waals surface area (Å²) < 4.78 is 2.01. The van der Waals surface area contributed by atoms with Gasteiger partial charge in [-0.1, -0.05) is 12.8 Å². The lowest BCUT2D eigenvalue weighted by molar-refractivity contribution is -0.127. The zero-order valence-corrected chi connectivity index (χ0v) is 9.85. The third kappa shape index (κ3) is 2.50. The second-order valence-corrected chi connectivity index (χ2v) is 4.58. The van der Waals surface area contributed by atoms with Crippen LogP contribution in [-0.2, 0) is 11.3 Å². The van der Waals surface area contributed by atoms with Crippen molar-refractivity contribution in [3.05, 3.63) is 24.5 Å². The van der Waals surface area contributed by atoms with Crippen LogP contribution in [0.3, 0.4) is 0 Å². The quantitative estimate of drug-likeness (QED) is 0.857. The third-order valence-corrected chi connectivity index (χ3v) is 3.43. The number of hydrogen-bond acceptors (Lipinski definition) is 2. The minimum atomic E-state index is -0.753. The normalized spacial score (nSPS) is 17.6. The van der Waals surface area contributed by atoms with E-state index in [1.165, 1.54) is 0 Å². The molecule has 0 radical (unpaired) electrons. The molecule has 1 aromatic rings. The molecule has 1 aliphatic rings. The van der Waals surface area contributed by atoms with Gasteiger partial charge in [-0.15, -0.1) is 0 Å². The fraction of sp³-hybridized carbons (Fsp3) is 0.538. The maximum absolute atomic E-state index is 12.0. The highest BCUT2D eigenvalue weighted by atomic mass is 16.2. The van der Waals surface area contributed by atoms with E-state index in [0.717, 1.165) is 19.4 Å². The summed E-state index contributed by atoms with van der Waals surface area (Å²) in [5, 5.41) is 12.0. The van der Waals surface area contributed by atoms with Gasteiger partial charge in [0.15, 0.2) is 0 Å². The lowest BCUT2D eigenvalue weighted by Crippen LogP contribution is -2.39. The van der Waals surface area contributed by atoms with Gasteiger partial charge in [0.05, 0.1) is 6.07 Å². The molecule has 0 atom stereocenters. The van der Waals surface area contributed by atoms with E-state index in [4.69, 9.17) is 5.26 Å². The Kier molecular flexibility index (Phi) is 3.48. The van der Waals surface area contributed by atoms with Crippen molar-refractivity contribution in [2.75, 3.05) is 6.54 Å². The Hall–Kier alpha value is -1.76. The van der Waals surface area contributed by atoms with Crippen molar-refractivity contribution >= 4 is 5.91 Å². The predicted molar refractivity (Wildman–Crippen MR) is 64.0 cm³/mol. The van der Waals surface area contributed by atoms with E-state index in [9.17, 15) is 4.79 Å². The molecule has 1 aromatic heterocycles. The summed E-state index contributed by atoms with van der Waals surface area (Å²) in [7, 11) is 0. The van der Waals surface area contributed by atoms with Crippen molar-refractivity contribution in [1.82, 2.24) is 9.88 Å². The van der Waals surface area contributed by atoms with Gasteiger partial charge in [0.25, 0.3) is 0 Å². The van der Waals surface area contributed by atoms with E-state index in [2.05, 4.69) is 11.4 Å². The fourth-order valence-corrected chi connectivity index (χ4v) is 2.36. The first-order valence-corrected chi connectivity index (χ1v) is 6.07. The van der Waals surface area contributed by atoms with Crippen LogP contribution in [0.25, 0.3) is 0 Å². The molecule has 1 saturated carbocycles. The van der Waals surface area contributed by atoms with Crippen molar-refractivity contribution in [2.45, 2.75) is 32.2 Å². The molecule has 0 saturated heterocycles. The smallest absolute Gasteiger partial charge is 0.240 e. The molecule has 1 fully saturated rings. The number of nitriles is 1. The van der Waals surface area contributed by atoms with E-state index in [1.54, 1.807) is 0 Å². The van der Waals surface area contributed by atoms with Crippen molar-refractivity contribution in [1.29, 1.82) is 5.26 Å². The van der Waals surface area contributed by atoms with Gasteiger partial charge in [0.2, 0.25) is 5.91 Å². The fourth-order valence-electron chi connectivity index (χ4n) is 2.36. The summed E-state index contributed by atoms with van der Waals surface area (Å²) >= 11 is 0. The van der Waals surface area contributed by atoms with Crippen LogP contribution in [0, 0.1) is 16.7 Å². The van der Waals surface area contributed by atoms with Crippen LogP contribution in [0.4, 0.5) is 0 Å². The zero-order valence-electron chi connectivity index (χ0n) is 9.85. The standard InChI is InChI=1S/C13H17N3O/c14-11-13(5-1-2-6-13)12(17)15-7-10-16-8-3-4-9-16/h3-4,8-9H,1-2,5-7,10H2,(H,15,17). The molecule has 0 aromatic carbocycles. The maximum atomic E-state index is 12.0. The molecule has 1 amide bonds. The van der Waals surface area contributed by atoms with Crippen LogP contribution >= 0.6 is 0 Å². The Bertz CT molecular complexity index is 410. The highest BCUT2D eigenvalue weighted by Crippen LogP contribution is 2.37. The van der Waals surface area contributed by atoms with E-state index < -0.39 is 5.41 Å². The highest BCUT2D eigenvalue weighted by Gasteiger charge is 2.41. The van der Waals surface area contributed by atoms with E-state index in [1.807, 2.05) is 29.1 Å². The monoisotopic (exact) mass is 231 g/mol. The van der Waals surface area contributed by atoms with Crippen molar-refractivity contribution in [3.63, 3.8) is 0 Å². The summed E-state index contributed by atoms with van der Waals surface area (Å²) in [6.45, 7) is 1.33. The van der Waals surface area contributed by atoms with Gasteiger partial charge in [0, 0.05) is 25.5 Å². The van der Waals surface area contributed by atoms with Gasteiger partial charge in [-0.25, -0.2) is 0 Å². The molecule has 90 valence electrons. The summed E-state index contributed by atoms with van der Waals surface area (Å²) in [6.07, 6.45) is 7.30. The third-order valence-electron chi connectivity index (χ3n) is 3.43. The number of hydrogen-bond donors (Lipinski definition) is 1. The summed E-state index contributed by atoms with van der Waals surface area (Å²) in [4.78, 5) is 12.0. The minimum absolute atomic E-state index is 0.0929. The van der Waals surface area contributed by atoms with Gasteiger partial charge in [-0.2, -0.15) is 5.26 Å². The molecule has 1 aliphatic carbocycles. The molecule has 0 bridgehead atoms. The first kappa shape index (κ1) is 11.7. The van der Waals surface area contributed by atoms with Gasteiger partial charge >= 0.3 is 0 Å². The zero-order chi connectivity index (χ0) is 12.1. The summed E-state index contributed by atoms with van der Waals surface area (Å²) in [5.74, 6) is -0.0929. The predicted octanol–water partition coefficient (Wildman–Crippen LogP) is 1.69. The molecule has 17 heavy (non-hydrogen) atoms. The molecule has 0 aliphatic heterocycles. The second-order valence-electron chi connectivity index (χ2n) is 4.58. The Balaban J connectivity index is 1.83. The average molecular weight is 231 g/mol. The average Bonchev–Trinajstić information content (AvgIpc) is 3.00. The molecular formula is C13H17N3O. The van der Waals surface area contributed by atoms with Crippen LogP contribution in [0.5, 0.6) is 0 Å². The summed E-state index contributed by atoms with van der Waals surface area (Å²) in [5.41, 5.74) is -0.753. The number of aromatic nitrogens is 1.